The lowest BCUT2D eigenvalue weighted by Crippen LogP contribution is -2.37. The summed E-state index contributed by atoms with van der Waals surface area (Å²) >= 11 is 1.57. The smallest absolute Gasteiger partial charge is 0.475 e. The molecule has 5 rings (SSSR count). The minimum Gasteiger partial charge on any atom is -0.475 e. The first-order valence-electron chi connectivity index (χ1n) is 15.0. The number of carbonyl (C=O) groups is 2. The van der Waals surface area contributed by atoms with Gasteiger partial charge in [-0.25, -0.2) is 19.1 Å². The summed E-state index contributed by atoms with van der Waals surface area (Å²) in [5.41, 5.74) is 4.62. The van der Waals surface area contributed by atoms with Gasteiger partial charge in [-0.05, 0) is 75.4 Å². The maximum absolute atomic E-state index is 11.9. The topological polar surface area (TPSA) is 115 Å². The number of alkyl halides is 3. The van der Waals surface area contributed by atoms with E-state index in [-0.39, 0.29) is 5.97 Å². The molecule has 0 spiro atoms. The second kappa shape index (κ2) is 16.5. The van der Waals surface area contributed by atoms with Crippen LogP contribution in [0.15, 0.2) is 54.7 Å². The number of carboxylic acid groups (broad SMARTS) is 1. The third-order valence-corrected chi connectivity index (χ3v) is 8.22. The summed E-state index contributed by atoms with van der Waals surface area (Å²) in [4.78, 5) is 28.8. The molecule has 3 heterocycles. The van der Waals surface area contributed by atoms with Gasteiger partial charge < -0.3 is 24.2 Å². The standard InChI is InChI=1S/C30H36N4O4S.C2HF3O2/c1-3-37-29(35)24-9-7-22(8-10-24)27-21-34-30(31-27)39-28(32-34)23-11-13-25(14-12-23)33-17-15-26(16-18-33)38-20-6-4-5-19-36-2;3-2(4,5)1(6)7/h7-14,21,26H,3-6,15-20H2,1-2H3;(H,6,7). The molecule has 14 heteroatoms. The fraction of sp³-hybridized carbons (Fsp3) is 0.438. The number of ether oxygens (including phenoxy) is 3. The van der Waals surface area contributed by atoms with E-state index in [1.165, 1.54) is 5.69 Å². The van der Waals surface area contributed by atoms with E-state index in [1.54, 1.807) is 37.5 Å². The van der Waals surface area contributed by atoms with Gasteiger partial charge in [0.2, 0.25) is 4.96 Å². The predicted octanol–water partition coefficient (Wildman–Crippen LogP) is 6.74. The minimum absolute atomic E-state index is 0.314. The lowest BCUT2D eigenvalue weighted by Gasteiger charge is -2.33. The number of nitrogens with zero attached hydrogens (tertiary/aromatic N) is 4. The van der Waals surface area contributed by atoms with E-state index in [0.717, 1.165) is 85.2 Å². The number of imidazole rings is 1. The summed E-state index contributed by atoms with van der Waals surface area (Å²) < 4.78 is 49.8. The Bertz CT molecular complexity index is 1520. The van der Waals surface area contributed by atoms with E-state index in [9.17, 15) is 18.0 Å². The number of unbranched alkanes of at least 4 members (excludes halogenated alkanes) is 2. The van der Waals surface area contributed by atoms with Crippen LogP contribution in [-0.2, 0) is 19.0 Å². The maximum atomic E-state index is 11.9. The Morgan fingerprint density at radius 2 is 1.61 bits per heavy atom. The zero-order valence-corrected chi connectivity index (χ0v) is 26.5. The molecule has 1 fully saturated rings. The first-order valence-corrected chi connectivity index (χ1v) is 15.8. The lowest BCUT2D eigenvalue weighted by atomic mass is 10.1. The highest BCUT2D eigenvalue weighted by molar-refractivity contribution is 7.19. The van der Waals surface area contributed by atoms with Gasteiger partial charge in [0.15, 0.2) is 0 Å². The van der Waals surface area contributed by atoms with Gasteiger partial charge in [-0.2, -0.15) is 18.3 Å². The molecule has 0 bridgehead atoms. The number of carbonyl (C=O) groups excluding carboxylic acids is 1. The van der Waals surface area contributed by atoms with Gasteiger partial charge in [-0.15, -0.1) is 0 Å². The Kier molecular flexibility index (Phi) is 12.5. The quantitative estimate of drug-likeness (QED) is 0.130. The Morgan fingerprint density at radius 1 is 0.978 bits per heavy atom. The van der Waals surface area contributed by atoms with Crippen LogP contribution in [-0.4, -0.2) is 83.9 Å². The Morgan fingerprint density at radius 3 is 2.20 bits per heavy atom. The van der Waals surface area contributed by atoms with Crippen molar-refractivity contribution in [2.45, 2.75) is 51.3 Å². The highest BCUT2D eigenvalue weighted by Gasteiger charge is 2.38. The summed E-state index contributed by atoms with van der Waals surface area (Å²) in [5, 5.41) is 12.8. The van der Waals surface area contributed by atoms with Crippen molar-refractivity contribution >= 4 is 33.9 Å². The zero-order valence-electron chi connectivity index (χ0n) is 25.7. The Balaban J connectivity index is 0.000000617. The molecule has 4 aromatic rings. The number of hydrogen-bond donors (Lipinski definition) is 1. The summed E-state index contributed by atoms with van der Waals surface area (Å²) in [6, 6.07) is 16.0. The van der Waals surface area contributed by atoms with Crippen molar-refractivity contribution in [1.82, 2.24) is 14.6 Å². The average molecular weight is 663 g/mol. The zero-order chi connectivity index (χ0) is 33.1. The van der Waals surface area contributed by atoms with Crippen LogP contribution in [0, 0.1) is 0 Å². The van der Waals surface area contributed by atoms with Crippen LogP contribution in [0.4, 0.5) is 18.9 Å². The number of rotatable bonds is 12. The molecular weight excluding hydrogens is 625 g/mol. The van der Waals surface area contributed by atoms with Crippen molar-refractivity contribution in [2.75, 3.05) is 44.9 Å². The molecule has 2 aromatic heterocycles. The number of methoxy groups -OCH3 is 1. The van der Waals surface area contributed by atoms with Gasteiger partial charge in [0, 0.05) is 50.2 Å². The van der Waals surface area contributed by atoms with E-state index in [1.807, 2.05) is 22.8 Å². The number of aliphatic carboxylic acids is 1. The van der Waals surface area contributed by atoms with Gasteiger partial charge in [0.25, 0.3) is 0 Å². The Labute approximate surface area is 268 Å². The molecular formula is C32H37F3N4O6S. The fourth-order valence-corrected chi connectivity index (χ4v) is 5.70. The van der Waals surface area contributed by atoms with Crippen molar-refractivity contribution in [2.24, 2.45) is 0 Å². The van der Waals surface area contributed by atoms with Crippen LogP contribution in [0.1, 0.15) is 49.4 Å². The van der Waals surface area contributed by atoms with Crippen molar-refractivity contribution in [3.8, 4) is 21.8 Å². The number of carboxylic acids is 1. The predicted molar refractivity (Wildman–Crippen MR) is 168 cm³/mol. The first-order chi connectivity index (χ1) is 22.1. The normalized spacial score (nSPS) is 13.8. The lowest BCUT2D eigenvalue weighted by molar-refractivity contribution is -0.192. The van der Waals surface area contributed by atoms with Crippen LogP contribution in [0.5, 0.6) is 0 Å². The molecule has 1 aliphatic heterocycles. The monoisotopic (exact) mass is 662 g/mol. The van der Waals surface area contributed by atoms with Crippen LogP contribution in [0.2, 0.25) is 0 Å². The number of fused-ring (bicyclic) bond motifs is 1. The molecule has 0 aliphatic carbocycles. The molecule has 1 aliphatic rings. The molecule has 0 unspecified atom stereocenters. The number of anilines is 1. The molecule has 46 heavy (non-hydrogen) atoms. The van der Waals surface area contributed by atoms with E-state index < -0.39 is 12.1 Å². The van der Waals surface area contributed by atoms with Crippen LogP contribution in [0.3, 0.4) is 0 Å². The summed E-state index contributed by atoms with van der Waals surface area (Å²) in [5.74, 6) is -3.07. The van der Waals surface area contributed by atoms with Gasteiger partial charge in [0.05, 0.1) is 30.2 Å². The molecule has 248 valence electrons. The van der Waals surface area contributed by atoms with E-state index in [4.69, 9.17) is 34.2 Å². The molecule has 0 radical (unpaired) electrons. The second-order valence-electron chi connectivity index (χ2n) is 10.5. The van der Waals surface area contributed by atoms with Gasteiger partial charge in [0.1, 0.15) is 5.01 Å². The molecule has 2 aromatic carbocycles. The van der Waals surface area contributed by atoms with Crippen molar-refractivity contribution < 1.29 is 42.1 Å². The van der Waals surface area contributed by atoms with E-state index in [0.29, 0.717) is 18.3 Å². The molecule has 10 nitrogen and oxygen atoms in total. The summed E-state index contributed by atoms with van der Waals surface area (Å²) in [6.45, 7) is 5.88. The van der Waals surface area contributed by atoms with Crippen LogP contribution < -0.4 is 4.90 Å². The number of halogens is 3. The number of benzene rings is 2. The molecule has 0 saturated carbocycles. The second-order valence-corrected chi connectivity index (χ2v) is 11.5. The van der Waals surface area contributed by atoms with Gasteiger partial charge in [-0.1, -0.05) is 23.5 Å². The Hall–Kier alpha value is -4.01. The molecule has 0 atom stereocenters. The fourth-order valence-electron chi connectivity index (χ4n) is 4.82. The summed E-state index contributed by atoms with van der Waals surface area (Å²) in [6.07, 6.45) is 2.73. The van der Waals surface area contributed by atoms with Crippen LogP contribution in [0.25, 0.3) is 26.8 Å². The number of aromatic nitrogens is 3. The highest BCUT2D eigenvalue weighted by Crippen LogP contribution is 2.30. The third kappa shape index (κ3) is 9.74. The van der Waals surface area contributed by atoms with Crippen molar-refractivity contribution in [3.63, 3.8) is 0 Å². The highest BCUT2D eigenvalue weighted by atomic mass is 32.1. The molecule has 1 saturated heterocycles. The number of hydrogen-bond acceptors (Lipinski definition) is 9. The molecule has 1 N–H and O–H groups in total. The van der Waals surface area contributed by atoms with Crippen molar-refractivity contribution in [3.05, 3.63) is 60.3 Å². The van der Waals surface area contributed by atoms with E-state index >= 15 is 0 Å². The minimum atomic E-state index is -5.08. The number of esters is 1. The van der Waals surface area contributed by atoms with Gasteiger partial charge in [-0.3, -0.25) is 0 Å². The van der Waals surface area contributed by atoms with Crippen molar-refractivity contribution in [1.29, 1.82) is 0 Å². The summed E-state index contributed by atoms with van der Waals surface area (Å²) in [7, 11) is 1.75. The average Bonchev–Trinajstić information content (AvgIpc) is 3.63. The number of piperidine rings is 1. The largest absolute Gasteiger partial charge is 0.490 e. The third-order valence-electron chi connectivity index (χ3n) is 7.25. The van der Waals surface area contributed by atoms with Gasteiger partial charge >= 0.3 is 18.1 Å². The molecule has 0 amide bonds. The van der Waals surface area contributed by atoms with Crippen LogP contribution >= 0.6 is 11.3 Å². The van der Waals surface area contributed by atoms with E-state index in [2.05, 4.69) is 29.2 Å². The first kappa shape index (κ1) is 34.9. The SMILES string of the molecule is CCOC(=O)c1ccc(-c2cn3nc(-c4ccc(N5CCC(OCCCCCOC)CC5)cc4)sc3n2)cc1.O=C(O)C(F)(F)F. The maximum Gasteiger partial charge on any atom is 0.490 e.